The molecule has 0 aliphatic heterocycles. The van der Waals surface area contributed by atoms with Crippen LogP contribution >= 0.6 is 0 Å². The Hall–Kier alpha value is -4.73. The minimum absolute atomic E-state index is 0.0270. The van der Waals surface area contributed by atoms with E-state index in [-0.39, 0.29) is 23.3 Å². The molecule has 0 aliphatic carbocycles. The molecule has 0 atom stereocenters. The predicted molar refractivity (Wildman–Crippen MR) is 142 cm³/mol. The normalized spacial score (nSPS) is 11.2. The standard InChI is InChI=1S/C28H28FN5O4/c1-17-13-21(11-12-30-17)38-20-9-10-23(22(29)15-20)31-27(37)32-25-16-24(28(2,3)4)33-34(25)19-7-5-18(6-8-19)14-26(35)36/h5-13,15-16H,14H2,1-4H3,(H,35,36)(H2,31,32,37). The van der Waals surface area contributed by atoms with E-state index < -0.39 is 17.8 Å². The molecule has 38 heavy (non-hydrogen) atoms. The van der Waals surface area contributed by atoms with Gasteiger partial charge in [0, 0.05) is 35.5 Å². The van der Waals surface area contributed by atoms with Gasteiger partial charge >= 0.3 is 12.0 Å². The number of benzene rings is 2. The molecule has 4 aromatic rings. The molecular formula is C28H28FN5O4. The van der Waals surface area contributed by atoms with Crippen LogP contribution in [0.15, 0.2) is 66.9 Å². The molecule has 4 rings (SSSR count). The Morgan fingerprint density at radius 1 is 1.00 bits per heavy atom. The first-order valence-electron chi connectivity index (χ1n) is 11.9. The first kappa shape index (κ1) is 26.3. The summed E-state index contributed by atoms with van der Waals surface area (Å²) < 4.78 is 22.0. The van der Waals surface area contributed by atoms with Crippen LogP contribution in [0.3, 0.4) is 0 Å². The van der Waals surface area contributed by atoms with Crippen molar-refractivity contribution in [2.24, 2.45) is 0 Å². The Kier molecular flexibility index (Phi) is 7.43. The largest absolute Gasteiger partial charge is 0.481 e. The third-order valence-corrected chi connectivity index (χ3v) is 5.55. The SMILES string of the molecule is Cc1cc(Oc2ccc(NC(=O)Nc3cc(C(C)(C)C)nn3-c3ccc(CC(=O)O)cc3)c(F)c2)ccn1. The highest BCUT2D eigenvalue weighted by Gasteiger charge is 2.22. The number of carboxylic acids is 1. The number of rotatable bonds is 7. The van der Waals surface area contributed by atoms with Gasteiger partial charge < -0.3 is 15.2 Å². The summed E-state index contributed by atoms with van der Waals surface area (Å²) in [6.07, 6.45) is 1.50. The molecule has 3 N–H and O–H groups in total. The van der Waals surface area contributed by atoms with Crippen molar-refractivity contribution in [1.29, 1.82) is 0 Å². The Labute approximate surface area is 219 Å². The van der Waals surface area contributed by atoms with Crippen molar-refractivity contribution in [2.45, 2.75) is 39.5 Å². The van der Waals surface area contributed by atoms with E-state index in [1.165, 1.54) is 12.1 Å². The van der Waals surface area contributed by atoms with Crippen molar-refractivity contribution in [1.82, 2.24) is 14.8 Å². The van der Waals surface area contributed by atoms with Crippen molar-refractivity contribution < 1.29 is 23.8 Å². The maximum atomic E-state index is 14.8. The summed E-state index contributed by atoms with van der Waals surface area (Å²) in [7, 11) is 0. The van der Waals surface area contributed by atoms with Crippen LogP contribution in [0, 0.1) is 12.7 Å². The molecule has 2 amide bonds. The molecule has 0 unspecified atom stereocenters. The molecule has 10 heteroatoms. The van der Waals surface area contributed by atoms with Gasteiger partial charge in [0.25, 0.3) is 0 Å². The van der Waals surface area contributed by atoms with Gasteiger partial charge in [0.1, 0.15) is 23.1 Å². The molecule has 0 saturated heterocycles. The zero-order valence-electron chi connectivity index (χ0n) is 21.4. The van der Waals surface area contributed by atoms with Crippen molar-refractivity contribution >= 4 is 23.5 Å². The summed E-state index contributed by atoms with van der Waals surface area (Å²) in [4.78, 5) is 27.9. The van der Waals surface area contributed by atoms with Gasteiger partial charge in [-0.3, -0.25) is 15.1 Å². The van der Waals surface area contributed by atoms with Crippen LogP contribution in [-0.2, 0) is 16.6 Å². The second kappa shape index (κ2) is 10.7. The third kappa shape index (κ3) is 6.52. The summed E-state index contributed by atoms with van der Waals surface area (Å²) in [6, 6.07) is 15.5. The van der Waals surface area contributed by atoms with E-state index in [0.717, 1.165) is 11.4 Å². The van der Waals surface area contributed by atoms with E-state index in [2.05, 4.69) is 20.7 Å². The molecule has 0 bridgehead atoms. The average Bonchev–Trinajstić information content (AvgIpc) is 3.25. The molecule has 2 heterocycles. The Bertz CT molecular complexity index is 1480. The summed E-state index contributed by atoms with van der Waals surface area (Å²) in [6.45, 7) is 7.80. The molecule has 0 radical (unpaired) electrons. The van der Waals surface area contributed by atoms with Crippen LogP contribution in [0.5, 0.6) is 11.5 Å². The number of nitrogens with one attached hydrogen (secondary N) is 2. The molecule has 9 nitrogen and oxygen atoms in total. The van der Waals surface area contributed by atoms with Crippen LogP contribution < -0.4 is 15.4 Å². The second-order valence-electron chi connectivity index (χ2n) is 9.77. The summed E-state index contributed by atoms with van der Waals surface area (Å²) >= 11 is 0. The van der Waals surface area contributed by atoms with Crippen molar-refractivity contribution in [3.8, 4) is 17.2 Å². The number of aromatic nitrogens is 3. The Morgan fingerprint density at radius 2 is 1.71 bits per heavy atom. The number of carboxylic acid groups (broad SMARTS) is 1. The second-order valence-corrected chi connectivity index (χ2v) is 9.77. The molecule has 2 aromatic heterocycles. The first-order chi connectivity index (χ1) is 18.0. The molecule has 196 valence electrons. The van der Waals surface area contributed by atoms with E-state index in [0.29, 0.717) is 22.8 Å². The number of pyridine rings is 1. The quantitative estimate of drug-likeness (QED) is 0.274. The van der Waals surface area contributed by atoms with Crippen molar-refractivity contribution in [2.75, 3.05) is 10.6 Å². The lowest BCUT2D eigenvalue weighted by Crippen LogP contribution is -2.22. The van der Waals surface area contributed by atoms with Crippen LogP contribution in [0.4, 0.5) is 20.7 Å². The Morgan fingerprint density at radius 3 is 2.34 bits per heavy atom. The highest BCUT2D eigenvalue weighted by molar-refractivity contribution is 5.99. The highest BCUT2D eigenvalue weighted by Crippen LogP contribution is 2.28. The number of hydrogen-bond donors (Lipinski definition) is 3. The summed E-state index contributed by atoms with van der Waals surface area (Å²) in [5.41, 5.74) is 2.42. The topological polar surface area (TPSA) is 118 Å². The van der Waals surface area contributed by atoms with Gasteiger partial charge in [-0.15, -0.1) is 0 Å². The number of carbonyl (C=O) groups is 2. The van der Waals surface area contributed by atoms with Gasteiger partial charge in [0.2, 0.25) is 0 Å². The van der Waals surface area contributed by atoms with E-state index >= 15 is 0 Å². The molecule has 0 spiro atoms. The number of aryl methyl sites for hydroxylation is 1. The van der Waals surface area contributed by atoms with Gasteiger partial charge in [-0.2, -0.15) is 5.10 Å². The molecular weight excluding hydrogens is 489 g/mol. The number of ether oxygens (including phenoxy) is 1. The molecule has 0 saturated carbocycles. The zero-order chi connectivity index (χ0) is 27.4. The molecule has 0 aliphatic rings. The van der Waals surface area contributed by atoms with Crippen LogP contribution in [-0.4, -0.2) is 31.9 Å². The van der Waals surface area contributed by atoms with Gasteiger partial charge in [0.05, 0.1) is 23.5 Å². The number of amides is 2. The Balaban J connectivity index is 1.52. The number of hydrogen-bond acceptors (Lipinski definition) is 5. The van der Waals surface area contributed by atoms with Gasteiger partial charge in [-0.05, 0) is 42.8 Å². The van der Waals surface area contributed by atoms with Crippen LogP contribution in [0.1, 0.15) is 37.7 Å². The maximum Gasteiger partial charge on any atom is 0.324 e. The fourth-order valence-electron chi connectivity index (χ4n) is 3.61. The molecule has 0 fully saturated rings. The highest BCUT2D eigenvalue weighted by atomic mass is 19.1. The number of halogens is 1. The smallest absolute Gasteiger partial charge is 0.324 e. The van der Waals surface area contributed by atoms with Crippen molar-refractivity contribution in [3.05, 3.63) is 89.6 Å². The first-order valence-corrected chi connectivity index (χ1v) is 11.9. The lowest BCUT2D eigenvalue weighted by molar-refractivity contribution is -0.136. The average molecular weight is 518 g/mol. The van der Waals surface area contributed by atoms with E-state index in [1.54, 1.807) is 59.4 Å². The number of aliphatic carboxylic acids is 1. The van der Waals surface area contributed by atoms with E-state index in [9.17, 15) is 14.0 Å². The van der Waals surface area contributed by atoms with E-state index in [4.69, 9.17) is 9.84 Å². The van der Waals surface area contributed by atoms with Gasteiger partial charge in [0.15, 0.2) is 0 Å². The van der Waals surface area contributed by atoms with Gasteiger partial charge in [-0.25, -0.2) is 13.9 Å². The van der Waals surface area contributed by atoms with Crippen molar-refractivity contribution in [3.63, 3.8) is 0 Å². The van der Waals surface area contributed by atoms with Gasteiger partial charge in [-0.1, -0.05) is 32.9 Å². The molecule has 2 aromatic carbocycles. The lowest BCUT2D eigenvalue weighted by Gasteiger charge is -2.14. The van der Waals surface area contributed by atoms with E-state index in [1.807, 2.05) is 27.7 Å². The zero-order valence-corrected chi connectivity index (χ0v) is 21.4. The number of urea groups is 1. The minimum Gasteiger partial charge on any atom is -0.481 e. The number of anilines is 2. The summed E-state index contributed by atoms with van der Waals surface area (Å²) in [5.74, 6) is -0.425. The summed E-state index contributed by atoms with van der Waals surface area (Å²) in [5, 5.41) is 18.9. The maximum absolute atomic E-state index is 14.8. The van der Waals surface area contributed by atoms with Crippen LogP contribution in [0.25, 0.3) is 5.69 Å². The fraction of sp³-hybridized carbons (Fsp3) is 0.214. The minimum atomic E-state index is -0.926. The number of carbonyl (C=O) groups excluding carboxylic acids is 1. The third-order valence-electron chi connectivity index (χ3n) is 5.55. The predicted octanol–water partition coefficient (Wildman–Crippen LogP) is 6.08. The fourth-order valence-corrected chi connectivity index (χ4v) is 3.61. The number of nitrogens with zero attached hydrogens (tertiary/aromatic N) is 3. The lowest BCUT2D eigenvalue weighted by atomic mass is 9.92. The van der Waals surface area contributed by atoms with Crippen LogP contribution in [0.2, 0.25) is 0 Å². The monoisotopic (exact) mass is 517 g/mol.